The lowest BCUT2D eigenvalue weighted by Crippen LogP contribution is -1.96. The molecule has 0 unspecified atom stereocenters. The summed E-state index contributed by atoms with van der Waals surface area (Å²) >= 11 is 0. The van der Waals surface area contributed by atoms with Crippen molar-refractivity contribution >= 4 is 11.0 Å². The highest BCUT2D eigenvalue weighted by atomic mass is 19.1. The van der Waals surface area contributed by atoms with Crippen molar-refractivity contribution in [3.05, 3.63) is 103 Å². The number of hydrogen-bond acceptors (Lipinski definition) is 3. The van der Waals surface area contributed by atoms with Crippen LogP contribution < -0.4 is 0 Å². The molecule has 5 rings (SSSR count). The maximum absolute atomic E-state index is 13.8. The Labute approximate surface area is 173 Å². The summed E-state index contributed by atoms with van der Waals surface area (Å²) in [5.74, 6) is -0.0977. The summed E-state index contributed by atoms with van der Waals surface area (Å²) in [6.45, 7) is 0. The maximum atomic E-state index is 13.8. The number of aromatic nitrogens is 2. The molecule has 30 heavy (non-hydrogen) atoms. The van der Waals surface area contributed by atoms with E-state index in [4.69, 9.17) is 9.97 Å². The van der Waals surface area contributed by atoms with Gasteiger partial charge in [0.15, 0.2) is 0 Å². The number of benzene rings is 4. The van der Waals surface area contributed by atoms with Gasteiger partial charge in [-0.25, -0.2) is 14.4 Å². The minimum Gasteiger partial charge on any atom is -0.508 e. The van der Waals surface area contributed by atoms with E-state index < -0.39 is 0 Å². The van der Waals surface area contributed by atoms with Gasteiger partial charge < -0.3 is 5.11 Å². The van der Waals surface area contributed by atoms with E-state index in [1.54, 1.807) is 18.2 Å². The summed E-state index contributed by atoms with van der Waals surface area (Å²) in [6, 6.07) is 29.4. The predicted octanol–water partition coefficient (Wildman–Crippen LogP) is 6.48. The van der Waals surface area contributed by atoms with Crippen LogP contribution in [0.1, 0.15) is 0 Å². The molecule has 1 heterocycles. The molecule has 0 saturated heterocycles. The minimum absolute atomic E-state index is 0.238. The van der Waals surface area contributed by atoms with Crippen molar-refractivity contribution in [3.63, 3.8) is 0 Å². The zero-order valence-corrected chi connectivity index (χ0v) is 16.0. The van der Waals surface area contributed by atoms with Gasteiger partial charge in [0.1, 0.15) is 11.6 Å². The van der Waals surface area contributed by atoms with E-state index in [0.717, 1.165) is 27.9 Å². The number of rotatable bonds is 3. The summed E-state index contributed by atoms with van der Waals surface area (Å²) < 4.78 is 13.8. The SMILES string of the molecule is Oc1ccc(-c2ccc(-c3nc4cc(F)ccc4nc3-c3ccccc3)cc2)cc1. The molecule has 0 atom stereocenters. The van der Waals surface area contributed by atoms with Crippen molar-refractivity contribution < 1.29 is 9.50 Å². The van der Waals surface area contributed by atoms with E-state index in [9.17, 15) is 9.50 Å². The highest BCUT2D eigenvalue weighted by Crippen LogP contribution is 2.32. The highest BCUT2D eigenvalue weighted by Gasteiger charge is 2.14. The van der Waals surface area contributed by atoms with Gasteiger partial charge in [0.2, 0.25) is 0 Å². The molecule has 4 aromatic carbocycles. The molecule has 3 nitrogen and oxygen atoms in total. The van der Waals surface area contributed by atoms with Gasteiger partial charge in [-0.1, -0.05) is 66.7 Å². The first-order valence-electron chi connectivity index (χ1n) is 9.60. The fourth-order valence-corrected chi connectivity index (χ4v) is 3.50. The topological polar surface area (TPSA) is 46.0 Å². The highest BCUT2D eigenvalue weighted by molar-refractivity contribution is 5.86. The second kappa shape index (κ2) is 7.41. The van der Waals surface area contributed by atoms with Crippen LogP contribution in [0.15, 0.2) is 97.1 Å². The Morgan fingerprint density at radius 3 is 1.73 bits per heavy atom. The third kappa shape index (κ3) is 3.40. The largest absolute Gasteiger partial charge is 0.508 e. The Morgan fingerprint density at radius 1 is 0.533 bits per heavy atom. The fraction of sp³-hybridized carbons (Fsp3) is 0. The molecule has 0 amide bonds. The van der Waals surface area contributed by atoms with Gasteiger partial charge in [-0.05, 0) is 35.4 Å². The lowest BCUT2D eigenvalue weighted by molar-refractivity contribution is 0.475. The van der Waals surface area contributed by atoms with E-state index in [1.165, 1.54) is 12.1 Å². The van der Waals surface area contributed by atoms with Crippen LogP contribution in [0.25, 0.3) is 44.7 Å². The van der Waals surface area contributed by atoms with Crippen LogP contribution in [0.3, 0.4) is 0 Å². The van der Waals surface area contributed by atoms with Crippen molar-refractivity contribution in [2.45, 2.75) is 0 Å². The first kappa shape index (κ1) is 18.0. The number of halogens is 1. The van der Waals surface area contributed by atoms with Crippen LogP contribution in [0, 0.1) is 5.82 Å². The molecular formula is C26H17FN2O. The molecule has 0 fully saturated rings. The van der Waals surface area contributed by atoms with E-state index in [1.807, 2.05) is 66.7 Å². The summed E-state index contributed by atoms with van der Waals surface area (Å²) in [7, 11) is 0. The Hall–Kier alpha value is -4.05. The number of nitrogens with zero attached hydrogens (tertiary/aromatic N) is 2. The molecule has 4 heteroatoms. The Morgan fingerprint density at radius 2 is 1.07 bits per heavy atom. The van der Waals surface area contributed by atoms with Gasteiger partial charge in [0.05, 0.1) is 22.4 Å². The lowest BCUT2D eigenvalue weighted by Gasteiger charge is -2.11. The molecule has 144 valence electrons. The number of phenolic OH excluding ortho intramolecular Hbond substituents is 1. The van der Waals surface area contributed by atoms with Crippen LogP contribution in [-0.2, 0) is 0 Å². The van der Waals surface area contributed by atoms with Crippen molar-refractivity contribution in [3.8, 4) is 39.4 Å². The fourth-order valence-electron chi connectivity index (χ4n) is 3.50. The number of aromatic hydroxyl groups is 1. The summed E-state index contributed by atoms with van der Waals surface area (Å²) in [6.07, 6.45) is 0. The summed E-state index contributed by atoms with van der Waals surface area (Å²) in [5.41, 5.74) is 6.52. The molecule has 0 aliphatic carbocycles. The second-order valence-corrected chi connectivity index (χ2v) is 7.04. The van der Waals surface area contributed by atoms with Crippen molar-refractivity contribution in [1.82, 2.24) is 9.97 Å². The molecule has 0 radical (unpaired) electrons. The second-order valence-electron chi connectivity index (χ2n) is 7.04. The summed E-state index contributed by atoms with van der Waals surface area (Å²) in [5, 5.41) is 9.50. The van der Waals surface area contributed by atoms with E-state index in [0.29, 0.717) is 16.7 Å². The summed E-state index contributed by atoms with van der Waals surface area (Å²) in [4.78, 5) is 9.56. The van der Waals surface area contributed by atoms with Crippen LogP contribution >= 0.6 is 0 Å². The zero-order valence-electron chi connectivity index (χ0n) is 16.0. The number of fused-ring (bicyclic) bond motifs is 1. The van der Waals surface area contributed by atoms with E-state index in [-0.39, 0.29) is 11.6 Å². The van der Waals surface area contributed by atoms with Crippen molar-refractivity contribution in [1.29, 1.82) is 0 Å². The quantitative estimate of drug-likeness (QED) is 0.382. The first-order valence-corrected chi connectivity index (χ1v) is 9.60. The number of hydrogen-bond donors (Lipinski definition) is 1. The van der Waals surface area contributed by atoms with Crippen molar-refractivity contribution in [2.75, 3.05) is 0 Å². The number of phenols is 1. The molecule has 0 saturated carbocycles. The Balaban J connectivity index is 1.66. The average molecular weight is 392 g/mol. The zero-order chi connectivity index (χ0) is 20.5. The first-order chi connectivity index (χ1) is 14.7. The molecule has 1 aromatic heterocycles. The van der Waals surface area contributed by atoms with Crippen LogP contribution in [-0.4, -0.2) is 15.1 Å². The molecule has 0 spiro atoms. The van der Waals surface area contributed by atoms with Gasteiger partial charge >= 0.3 is 0 Å². The molecule has 1 N–H and O–H groups in total. The van der Waals surface area contributed by atoms with Gasteiger partial charge in [-0.3, -0.25) is 0 Å². The van der Waals surface area contributed by atoms with Gasteiger partial charge in [0.25, 0.3) is 0 Å². The standard InChI is InChI=1S/C26H17FN2O/c27-21-12-15-23-24(16-21)29-26(25(28-23)19-4-2-1-3-5-19)20-8-6-17(7-9-20)18-10-13-22(30)14-11-18/h1-16,30H. The molecule has 0 bridgehead atoms. The van der Waals surface area contributed by atoms with Crippen LogP contribution in [0.2, 0.25) is 0 Å². The molecule has 5 aromatic rings. The minimum atomic E-state index is -0.335. The van der Waals surface area contributed by atoms with Gasteiger partial charge in [-0.2, -0.15) is 0 Å². The van der Waals surface area contributed by atoms with E-state index in [2.05, 4.69) is 0 Å². The van der Waals surface area contributed by atoms with Gasteiger partial charge in [0, 0.05) is 17.2 Å². The normalized spacial score (nSPS) is 11.0. The Bertz CT molecular complexity index is 1330. The van der Waals surface area contributed by atoms with E-state index >= 15 is 0 Å². The molecule has 0 aliphatic rings. The third-order valence-electron chi connectivity index (χ3n) is 5.03. The van der Waals surface area contributed by atoms with Gasteiger partial charge in [-0.15, -0.1) is 0 Å². The lowest BCUT2D eigenvalue weighted by atomic mass is 10.00. The average Bonchev–Trinajstić information content (AvgIpc) is 2.79. The molecular weight excluding hydrogens is 375 g/mol. The smallest absolute Gasteiger partial charge is 0.125 e. The van der Waals surface area contributed by atoms with Crippen molar-refractivity contribution in [2.24, 2.45) is 0 Å². The Kier molecular flexibility index (Phi) is 4.45. The monoisotopic (exact) mass is 392 g/mol. The predicted molar refractivity (Wildman–Crippen MR) is 117 cm³/mol. The maximum Gasteiger partial charge on any atom is 0.125 e. The van der Waals surface area contributed by atoms with Crippen LogP contribution in [0.5, 0.6) is 5.75 Å². The third-order valence-corrected chi connectivity index (χ3v) is 5.03. The van der Waals surface area contributed by atoms with Crippen LogP contribution in [0.4, 0.5) is 4.39 Å². The molecule has 0 aliphatic heterocycles.